The molecular formula is C12H20N6O2S. The minimum Gasteiger partial charge on any atom is -0.368 e. The van der Waals surface area contributed by atoms with Crippen LogP contribution >= 0.6 is 0 Å². The van der Waals surface area contributed by atoms with E-state index in [1.54, 1.807) is 0 Å². The average molecular weight is 312 g/mol. The van der Waals surface area contributed by atoms with E-state index in [9.17, 15) is 8.42 Å². The van der Waals surface area contributed by atoms with Crippen molar-refractivity contribution in [2.75, 3.05) is 40.5 Å². The fraction of sp³-hybridized carbons (Fsp3) is 0.750. The smallest absolute Gasteiger partial charge is 0.231 e. The van der Waals surface area contributed by atoms with Crippen LogP contribution in [0.25, 0.3) is 0 Å². The molecule has 9 heteroatoms. The van der Waals surface area contributed by atoms with Crippen molar-refractivity contribution in [1.29, 1.82) is 0 Å². The Kier molecular flexibility index (Phi) is 3.83. The van der Waals surface area contributed by atoms with E-state index in [0.717, 1.165) is 25.9 Å². The summed E-state index contributed by atoms with van der Waals surface area (Å²) in [6.07, 6.45) is 4.04. The minimum absolute atomic E-state index is 0.123. The summed E-state index contributed by atoms with van der Waals surface area (Å²) < 4.78 is 23.0. The van der Waals surface area contributed by atoms with Gasteiger partial charge < -0.3 is 16.0 Å². The van der Waals surface area contributed by atoms with Gasteiger partial charge in [0, 0.05) is 19.1 Å². The summed E-state index contributed by atoms with van der Waals surface area (Å²) in [5, 5.41) is 3.07. The van der Waals surface area contributed by atoms with Crippen molar-refractivity contribution < 1.29 is 8.42 Å². The number of rotatable bonds is 3. The van der Waals surface area contributed by atoms with Crippen LogP contribution in [0.5, 0.6) is 0 Å². The Bertz CT molecular complexity index is 614. The van der Waals surface area contributed by atoms with Gasteiger partial charge in [-0.15, -0.1) is 0 Å². The summed E-state index contributed by atoms with van der Waals surface area (Å²) in [7, 11) is -2.93. The lowest BCUT2D eigenvalue weighted by Crippen LogP contribution is -2.32. The third-order valence-corrected chi connectivity index (χ3v) is 5.61. The Morgan fingerprint density at radius 2 is 1.90 bits per heavy atom. The topological polar surface area (TPSA) is 114 Å². The molecule has 2 saturated heterocycles. The molecule has 0 saturated carbocycles. The maximum absolute atomic E-state index is 11.5. The molecule has 8 nitrogen and oxygen atoms in total. The van der Waals surface area contributed by atoms with Crippen LogP contribution in [-0.2, 0) is 9.84 Å². The Labute approximate surface area is 124 Å². The van der Waals surface area contributed by atoms with Crippen LogP contribution in [0.15, 0.2) is 0 Å². The summed E-state index contributed by atoms with van der Waals surface area (Å²) in [5.41, 5.74) is 5.75. The van der Waals surface area contributed by atoms with Crippen molar-refractivity contribution in [3.05, 3.63) is 0 Å². The first-order valence-corrected chi connectivity index (χ1v) is 9.07. The van der Waals surface area contributed by atoms with Crippen molar-refractivity contribution in [2.45, 2.75) is 31.7 Å². The molecule has 21 heavy (non-hydrogen) atoms. The first-order valence-electron chi connectivity index (χ1n) is 7.25. The van der Waals surface area contributed by atoms with Gasteiger partial charge >= 0.3 is 0 Å². The molecule has 2 aliphatic heterocycles. The van der Waals surface area contributed by atoms with E-state index >= 15 is 0 Å². The van der Waals surface area contributed by atoms with Gasteiger partial charge in [0.1, 0.15) is 0 Å². The molecule has 0 spiro atoms. The fourth-order valence-electron chi connectivity index (χ4n) is 2.77. The number of nitrogens with two attached hydrogens (primary N) is 1. The van der Waals surface area contributed by atoms with Crippen LogP contribution < -0.4 is 16.0 Å². The van der Waals surface area contributed by atoms with E-state index in [4.69, 9.17) is 5.73 Å². The third kappa shape index (κ3) is 3.52. The number of nitrogens with zero attached hydrogens (tertiary/aromatic N) is 4. The molecule has 1 aromatic heterocycles. The maximum atomic E-state index is 11.5. The van der Waals surface area contributed by atoms with E-state index in [1.807, 2.05) is 0 Å². The molecule has 2 aliphatic rings. The van der Waals surface area contributed by atoms with Crippen LogP contribution in [0, 0.1) is 0 Å². The highest BCUT2D eigenvalue weighted by molar-refractivity contribution is 7.91. The SMILES string of the molecule is Nc1nc(NC2CCS(=O)(=O)C2)nc(N2CCCCC2)n1. The minimum atomic E-state index is -2.93. The average Bonchev–Trinajstić information content (AvgIpc) is 2.78. The van der Waals surface area contributed by atoms with Crippen molar-refractivity contribution >= 4 is 27.7 Å². The molecule has 0 amide bonds. The molecule has 116 valence electrons. The van der Waals surface area contributed by atoms with Crippen LogP contribution in [-0.4, -0.2) is 54.0 Å². The standard InChI is InChI=1S/C12H20N6O2S/c13-10-15-11(14-9-4-7-21(19,20)8-9)17-12(16-10)18-5-2-1-3-6-18/h9H,1-8H2,(H3,13,14,15,16,17). The molecular weight excluding hydrogens is 292 g/mol. The number of piperidine rings is 1. The Morgan fingerprint density at radius 1 is 1.14 bits per heavy atom. The van der Waals surface area contributed by atoms with Crippen LogP contribution in [0.2, 0.25) is 0 Å². The summed E-state index contributed by atoms with van der Waals surface area (Å²) in [6.45, 7) is 1.83. The highest BCUT2D eigenvalue weighted by Crippen LogP contribution is 2.20. The predicted molar refractivity (Wildman–Crippen MR) is 81.0 cm³/mol. The zero-order chi connectivity index (χ0) is 14.9. The van der Waals surface area contributed by atoms with Gasteiger partial charge in [0.15, 0.2) is 9.84 Å². The maximum Gasteiger partial charge on any atom is 0.231 e. The zero-order valence-corrected chi connectivity index (χ0v) is 12.6. The van der Waals surface area contributed by atoms with Crippen LogP contribution in [0.3, 0.4) is 0 Å². The third-order valence-electron chi connectivity index (χ3n) is 3.85. The zero-order valence-electron chi connectivity index (χ0n) is 11.8. The van der Waals surface area contributed by atoms with Gasteiger partial charge in [0.05, 0.1) is 11.5 Å². The van der Waals surface area contributed by atoms with E-state index < -0.39 is 9.84 Å². The lowest BCUT2D eigenvalue weighted by molar-refractivity contribution is 0.567. The number of hydrogen-bond donors (Lipinski definition) is 2. The van der Waals surface area contributed by atoms with E-state index in [0.29, 0.717) is 18.3 Å². The van der Waals surface area contributed by atoms with Gasteiger partial charge in [0.25, 0.3) is 0 Å². The van der Waals surface area contributed by atoms with E-state index in [2.05, 4.69) is 25.2 Å². The second-order valence-corrected chi connectivity index (χ2v) is 7.84. The summed E-state index contributed by atoms with van der Waals surface area (Å²) >= 11 is 0. The number of nitrogens with one attached hydrogen (secondary N) is 1. The molecule has 3 N–H and O–H groups in total. The molecule has 1 aromatic rings. The number of sulfone groups is 1. The van der Waals surface area contributed by atoms with E-state index in [1.165, 1.54) is 6.42 Å². The van der Waals surface area contributed by atoms with Gasteiger partial charge in [-0.2, -0.15) is 15.0 Å². The normalized spacial score (nSPS) is 25.0. The first-order chi connectivity index (χ1) is 10.0. The molecule has 1 unspecified atom stereocenters. The van der Waals surface area contributed by atoms with Gasteiger partial charge in [-0.25, -0.2) is 8.42 Å². The van der Waals surface area contributed by atoms with Crippen molar-refractivity contribution in [3.63, 3.8) is 0 Å². The summed E-state index contributed by atoms with van der Waals surface area (Å²) in [6, 6.07) is -0.147. The molecule has 1 atom stereocenters. The second-order valence-electron chi connectivity index (χ2n) is 5.61. The van der Waals surface area contributed by atoms with Crippen molar-refractivity contribution in [1.82, 2.24) is 15.0 Å². The molecule has 0 bridgehead atoms. The number of nitrogen functional groups attached to an aromatic ring is 1. The highest BCUT2D eigenvalue weighted by Gasteiger charge is 2.28. The van der Waals surface area contributed by atoms with Gasteiger partial charge in [-0.1, -0.05) is 0 Å². The van der Waals surface area contributed by atoms with Crippen molar-refractivity contribution in [2.24, 2.45) is 0 Å². The number of aromatic nitrogens is 3. The van der Waals surface area contributed by atoms with Crippen LogP contribution in [0.1, 0.15) is 25.7 Å². The number of hydrogen-bond acceptors (Lipinski definition) is 8. The lowest BCUT2D eigenvalue weighted by atomic mass is 10.1. The molecule has 0 aromatic carbocycles. The second kappa shape index (κ2) is 5.63. The molecule has 0 radical (unpaired) electrons. The van der Waals surface area contributed by atoms with E-state index in [-0.39, 0.29) is 23.5 Å². The Hall–Kier alpha value is -1.64. The lowest BCUT2D eigenvalue weighted by Gasteiger charge is -2.26. The fourth-order valence-corrected chi connectivity index (χ4v) is 4.45. The largest absolute Gasteiger partial charge is 0.368 e. The quantitative estimate of drug-likeness (QED) is 0.804. The molecule has 2 fully saturated rings. The van der Waals surface area contributed by atoms with Gasteiger partial charge in [0.2, 0.25) is 17.8 Å². The Balaban J connectivity index is 1.75. The highest BCUT2D eigenvalue weighted by atomic mass is 32.2. The Morgan fingerprint density at radius 3 is 2.57 bits per heavy atom. The van der Waals surface area contributed by atoms with Crippen LogP contribution in [0.4, 0.5) is 17.8 Å². The van der Waals surface area contributed by atoms with Gasteiger partial charge in [-0.05, 0) is 25.7 Å². The molecule has 3 rings (SSSR count). The predicted octanol–water partition coefficient (Wildman–Crippen LogP) is 0.0431. The van der Waals surface area contributed by atoms with Gasteiger partial charge in [-0.3, -0.25) is 0 Å². The molecule has 0 aliphatic carbocycles. The number of anilines is 3. The summed E-state index contributed by atoms with van der Waals surface area (Å²) in [5.74, 6) is 1.44. The summed E-state index contributed by atoms with van der Waals surface area (Å²) in [4.78, 5) is 14.7. The molecule has 3 heterocycles. The monoisotopic (exact) mass is 312 g/mol. The van der Waals surface area contributed by atoms with Crippen molar-refractivity contribution in [3.8, 4) is 0 Å². The first kappa shape index (κ1) is 14.3.